The van der Waals surface area contributed by atoms with Gasteiger partial charge in [-0.3, -0.25) is 4.55 Å². The quantitative estimate of drug-likeness (QED) is 0.600. The molecule has 0 amide bonds. The largest absolute Gasteiger partial charge is 0.328 e. The molecule has 0 aromatic rings. The summed E-state index contributed by atoms with van der Waals surface area (Å²) < 4.78 is 32.1. The van der Waals surface area contributed by atoms with Gasteiger partial charge in [-0.25, -0.2) is 0 Å². The first kappa shape index (κ1) is 14.7. The molecule has 5 heteroatoms. The van der Waals surface area contributed by atoms with Gasteiger partial charge in [-0.2, -0.15) is 8.42 Å². The maximum Gasteiger partial charge on any atom is 0.268 e. The van der Waals surface area contributed by atoms with Crippen molar-refractivity contribution in [1.29, 1.82) is 0 Å². The molecule has 100 valence electrons. The van der Waals surface area contributed by atoms with Gasteiger partial charge in [0.2, 0.25) is 0 Å². The van der Waals surface area contributed by atoms with Crippen molar-refractivity contribution in [2.24, 2.45) is 11.7 Å². The first-order valence-corrected chi connectivity index (χ1v) is 7.63. The summed E-state index contributed by atoms with van der Waals surface area (Å²) in [5.41, 5.74) is 8.21. The third kappa shape index (κ3) is 3.79. The van der Waals surface area contributed by atoms with Crippen LogP contribution in [0.5, 0.6) is 0 Å². The van der Waals surface area contributed by atoms with Crippen molar-refractivity contribution >= 4 is 10.1 Å². The fourth-order valence-electron chi connectivity index (χ4n) is 2.48. The predicted molar refractivity (Wildman–Crippen MR) is 69.3 cm³/mol. The number of nitrogens with two attached hydrogens (primary N) is 1. The van der Waals surface area contributed by atoms with Gasteiger partial charge in [-0.15, -0.1) is 0 Å². The highest BCUT2D eigenvalue weighted by molar-refractivity contribution is 7.86. The van der Waals surface area contributed by atoms with Crippen molar-refractivity contribution < 1.29 is 13.0 Å². The maximum atomic E-state index is 11.4. The Balaban J connectivity index is 2.92. The Morgan fingerprint density at radius 1 is 1.35 bits per heavy atom. The Labute approximate surface area is 104 Å². The van der Waals surface area contributed by atoms with Crippen molar-refractivity contribution in [3.8, 4) is 0 Å². The van der Waals surface area contributed by atoms with Crippen LogP contribution < -0.4 is 5.73 Å². The van der Waals surface area contributed by atoms with Gasteiger partial charge in [0.15, 0.2) is 0 Å². The summed E-state index contributed by atoms with van der Waals surface area (Å²) in [5, 5.41) is -0.677. The molecule has 4 nitrogen and oxygen atoms in total. The molecule has 0 radical (unpaired) electrons. The molecule has 0 heterocycles. The molecule has 1 aliphatic rings. The summed E-state index contributed by atoms with van der Waals surface area (Å²) in [6.07, 6.45) is 2.65. The average Bonchev–Trinajstić information content (AvgIpc) is 2.21. The highest BCUT2D eigenvalue weighted by atomic mass is 32.2. The van der Waals surface area contributed by atoms with E-state index < -0.39 is 15.4 Å². The lowest BCUT2D eigenvalue weighted by Crippen LogP contribution is -2.37. The van der Waals surface area contributed by atoms with E-state index in [2.05, 4.69) is 0 Å². The van der Waals surface area contributed by atoms with E-state index in [1.165, 1.54) is 5.57 Å². The lowest BCUT2D eigenvalue weighted by molar-refractivity contribution is 0.357. The smallest absolute Gasteiger partial charge is 0.268 e. The fourth-order valence-corrected chi connectivity index (χ4v) is 3.64. The van der Waals surface area contributed by atoms with E-state index in [0.717, 1.165) is 18.4 Å². The second-order valence-electron chi connectivity index (χ2n) is 5.19. The molecule has 0 bridgehead atoms. The molecule has 0 spiro atoms. The van der Waals surface area contributed by atoms with Crippen LogP contribution in [0.3, 0.4) is 0 Å². The predicted octanol–water partition coefficient (Wildman–Crippen LogP) is 2.12. The van der Waals surface area contributed by atoms with Crippen LogP contribution in [-0.2, 0) is 10.1 Å². The first-order valence-electron chi connectivity index (χ1n) is 6.12. The van der Waals surface area contributed by atoms with Crippen LogP contribution in [-0.4, -0.2) is 24.3 Å². The summed E-state index contributed by atoms with van der Waals surface area (Å²) in [5.74, 6) is -0.0522. The zero-order valence-electron chi connectivity index (χ0n) is 10.8. The molecule has 0 saturated carbocycles. The minimum Gasteiger partial charge on any atom is -0.328 e. The molecule has 0 aromatic carbocycles. The molecule has 0 saturated heterocycles. The van der Waals surface area contributed by atoms with Gasteiger partial charge in [-0.1, -0.05) is 18.1 Å². The lowest BCUT2D eigenvalue weighted by atomic mass is 9.81. The van der Waals surface area contributed by atoms with Crippen LogP contribution in [0.25, 0.3) is 0 Å². The minimum absolute atomic E-state index is 0.00968. The van der Waals surface area contributed by atoms with Gasteiger partial charge < -0.3 is 5.73 Å². The third-order valence-corrected chi connectivity index (χ3v) is 5.16. The van der Waals surface area contributed by atoms with Crippen LogP contribution >= 0.6 is 0 Å². The Morgan fingerprint density at radius 3 is 2.35 bits per heavy atom. The van der Waals surface area contributed by atoms with Crippen LogP contribution in [0.1, 0.15) is 46.5 Å². The Bertz CT molecular complexity index is 400. The van der Waals surface area contributed by atoms with E-state index in [0.29, 0.717) is 12.8 Å². The topological polar surface area (TPSA) is 80.4 Å². The molecule has 1 rings (SSSR count). The molecule has 0 aromatic heterocycles. The molecule has 3 atom stereocenters. The Hall–Kier alpha value is -0.390. The van der Waals surface area contributed by atoms with Crippen LogP contribution in [0.4, 0.5) is 0 Å². The van der Waals surface area contributed by atoms with Crippen LogP contribution in [0.15, 0.2) is 11.1 Å². The molecule has 3 N–H and O–H groups in total. The Morgan fingerprint density at radius 2 is 1.88 bits per heavy atom. The minimum atomic E-state index is -3.97. The second-order valence-corrected chi connectivity index (χ2v) is 6.82. The monoisotopic (exact) mass is 261 g/mol. The Kier molecular flexibility index (Phi) is 4.75. The summed E-state index contributed by atoms with van der Waals surface area (Å²) in [6, 6.07) is 0.00968. The number of hydrogen-bond acceptors (Lipinski definition) is 3. The van der Waals surface area contributed by atoms with Gasteiger partial charge in [0.25, 0.3) is 10.1 Å². The maximum absolute atomic E-state index is 11.4. The highest BCUT2D eigenvalue weighted by Gasteiger charge is 2.36. The van der Waals surface area contributed by atoms with Gasteiger partial charge in [0, 0.05) is 6.04 Å². The zero-order valence-corrected chi connectivity index (χ0v) is 11.6. The van der Waals surface area contributed by atoms with Crippen molar-refractivity contribution in [2.75, 3.05) is 0 Å². The van der Waals surface area contributed by atoms with E-state index in [9.17, 15) is 13.0 Å². The molecule has 17 heavy (non-hydrogen) atoms. The molecular formula is C12H23NO3S. The SMILES string of the molecule is CCC(N)CC1CC(C)=C(C)CC1S(=O)(=O)O. The summed E-state index contributed by atoms with van der Waals surface area (Å²) in [7, 11) is -3.97. The van der Waals surface area contributed by atoms with Gasteiger partial charge in [0.05, 0.1) is 5.25 Å². The van der Waals surface area contributed by atoms with Gasteiger partial charge in [-0.05, 0) is 45.4 Å². The molecule has 0 aliphatic heterocycles. The second kappa shape index (κ2) is 5.50. The standard InChI is InChI=1S/C12H23NO3S/c1-4-11(13)7-10-5-8(2)9(3)6-12(10)17(14,15)16/h10-12H,4-7,13H2,1-3H3,(H,14,15,16). The number of rotatable bonds is 4. The van der Waals surface area contributed by atoms with E-state index in [1.54, 1.807) is 0 Å². The van der Waals surface area contributed by atoms with Crippen molar-refractivity contribution in [2.45, 2.75) is 57.7 Å². The molecule has 1 aliphatic carbocycles. The number of allylic oxidation sites excluding steroid dienone is 2. The van der Waals surface area contributed by atoms with Crippen LogP contribution in [0.2, 0.25) is 0 Å². The van der Waals surface area contributed by atoms with Gasteiger partial charge >= 0.3 is 0 Å². The van der Waals surface area contributed by atoms with Crippen molar-refractivity contribution in [3.63, 3.8) is 0 Å². The van der Waals surface area contributed by atoms with Crippen molar-refractivity contribution in [3.05, 3.63) is 11.1 Å². The average molecular weight is 261 g/mol. The summed E-state index contributed by atoms with van der Waals surface area (Å²) in [4.78, 5) is 0. The third-order valence-electron chi connectivity index (χ3n) is 3.84. The van der Waals surface area contributed by atoms with Gasteiger partial charge in [0.1, 0.15) is 0 Å². The molecular weight excluding hydrogens is 238 g/mol. The molecule has 3 unspecified atom stereocenters. The van der Waals surface area contributed by atoms with E-state index in [4.69, 9.17) is 5.73 Å². The van der Waals surface area contributed by atoms with Crippen molar-refractivity contribution in [1.82, 2.24) is 0 Å². The molecule has 0 fully saturated rings. The van der Waals surface area contributed by atoms with E-state index in [1.807, 2.05) is 20.8 Å². The zero-order chi connectivity index (χ0) is 13.2. The van der Waals surface area contributed by atoms with E-state index >= 15 is 0 Å². The normalized spacial score (nSPS) is 28.3. The summed E-state index contributed by atoms with van der Waals surface area (Å²) in [6.45, 7) is 5.95. The highest BCUT2D eigenvalue weighted by Crippen LogP contribution is 2.35. The van der Waals surface area contributed by atoms with Crippen LogP contribution in [0, 0.1) is 5.92 Å². The van der Waals surface area contributed by atoms with E-state index in [-0.39, 0.29) is 12.0 Å². The number of hydrogen-bond donors (Lipinski definition) is 2. The first-order chi connectivity index (χ1) is 7.75. The fraction of sp³-hybridized carbons (Fsp3) is 0.833. The lowest BCUT2D eigenvalue weighted by Gasteiger charge is -2.32. The summed E-state index contributed by atoms with van der Waals surface area (Å²) >= 11 is 0.